The summed E-state index contributed by atoms with van der Waals surface area (Å²) in [5.41, 5.74) is 0.848. The molecule has 1 rings (SSSR count). The predicted octanol–water partition coefficient (Wildman–Crippen LogP) is 1.32. The lowest BCUT2D eigenvalue weighted by molar-refractivity contribution is 0.198. The molecule has 62 valence electrons. The summed E-state index contributed by atoms with van der Waals surface area (Å²) in [6.45, 7) is 1.55. The van der Waals surface area contributed by atoms with E-state index in [4.69, 9.17) is 10.4 Å². The van der Waals surface area contributed by atoms with Crippen LogP contribution in [0.1, 0.15) is 24.2 Å². The number of phenolic OH excluding ortho intramolecular Hbond substituents is 1. The molecule has 0 aliphatic carbocycles. The van der Waals surface area contributed by atoms with E-state index in [0.717, 1.165) is 0 Å². The molecule has 3 nitrogen and oxygen atoms in total. The van der Waals surface area contributed by atoms with E-state index < -0.39 is 6.10 Å². The first kappa shape index (κ1) is 8.57. The fourth-order valence-corrected chi connectivity index (χ4v) is 0.998. The number of nitriles is 1. The number of phenols is 1. The average Bonchev–Trinajstić information content (AvgIpc) is 2.04. The Hall–Kier alpha value is -1.53. The van der Waals surface area contributed by atoms with Crippen LogP contribution in [0, 0.1) is 11.3 Å². The second-order valence-electron chi connectivity index (χ2n) is 2.56. The molecule has 0 aromatic heterocycles. The van der Waals surface area contributed by atoms with Crippen LogP contribution in [-0.2, 0) is 0 Å². The molecule has 2 N–H and O–H groups in total. The Bertz CT molecular complexity index is 326. The van der Waals surface area contributed by atoms with Crippen molar-refractivity contribution < 1.29 is 10.2 Å². The number of aliphatic hydroxyl groups excluding tert-OH is 1. The predicted molar refractivity (Wildman–Crippen MR) is 43.5 cm³/mol. The van der Waals surface area contributed by atoms with Gasteiger partial charge in [-0.15, -0.1) is 0 Å². The molecular formula is C9H9NO2. The first-order valence-electron chi connectivity index (χ1n) is 3.56. The Morgan fingerprint density at radius 1 is 1.50 bits per heavy atom. The Morgan fingerprint density at radius 3 is 2.67 bits per heavy atom. The number of nitrogens with zero attached hydrogens (tertiary/aromatic N) is 1. The molecule has 0 spiro atoms. The number of hydrogen-bond acceptors (Lipinski definition) is 3. The van der Waals surface area contributed by atoms with E-state index in [9.17, 15) is 5.11 Å². The minimum Gasteiger partial charge on any atom is -0.508 e. The van der Waals surface area contributed by atoms with Gasteiger partial charge in [-0.05, 0) is 25.1 Å². The lowest BCUT2D eigenvalue weighted by Crippen LogP contribution is -1.94. The maximum atomic E-state index is 9.20. The Morgan fingerprint density at radius 2 is 2.17 bits per heavy atom. The zero-order valence-electron chi connectivity index (χ0n) is 6.65. The molecule has 0 heterocycles. The van der Waals surface area contributed by atoms with E-state index >= 15 is 0 Å². The largest absolute Gasteiger partial charge is 0.508 e. The highest BCUT2D eigenvalue weighted by atomic mass is 16.3. The maximum absolute atomic E-state index is 9.20. The van der Waals surface area contributed by atoms with Crippen molar-refractivity contribution in [3.63, 3.8) is 0 Å². The normalized spacial score (nSPS) is 12.1. The standard InChI is InChI=1S/C9H9NO2/c1-6(11)9-4-8(12)3-2-7(9)5-10/h2-4,6,11-12H,1H3. The topological polar surface area (TPSA) is 64.2 Å². The second-order valence-corrected chi connectivity index (χ2v) is 2.56. The third-order valence-corrected chi connectivity index (χ3v) is 1.61. The summed E-state index contributed by atoms with van der Waals surface area (Å²) in [6, 6.07) is 6.23. The van der Waals surface area contributed by atoms with Crippen molar-refractivity contribution in [2.24, 2.45) is 0 Å². The highest BCUT2D eigenvalue weighted by molar-refractivity contribution is 5.43. The van der Waals surface area contributed by atoms with Gasteiger partial charge in [-0.25, -0.2) is 0 Å². The first-order valence-corrected chi connectivity index (χ1v) is 3.56. The molecule has 0 aliphatic heterocycles. The van der Waals surface area contributed by atoms with Gasteiger partial charge < -0.3 is 10.2 Å². The van der Waals surface area contributed by atoms with Crippen molar-refractivity contribution in [1.82, 2.24) is 0 Å². The van der Waals surface area contributed by atoms with Gasteiger partial charge in [-0.3, -0.25) is 0 Å². The highest BCUT2D eigenvalue weighted by Crippen LogP contribution is 2.21. The van der Waals surface area contributed by atoms with Gasteiger partial charge in [-0.1, -0.05) is 0 Å². The summed E-state index contributed by atoms with van der Waals surface area (Å²) in [4.78, 5) is 0. The van der Waals surface area contributed by atoms with Crippen LogP contribution in [0.5, 0.6) is 5.75 Å². The van der Waals surface area contributed by atoms with Crippen LogP contribution in [0.15, 0.2) is 18.2 Å². The summed E-state index contributed by atoms with van der Waals surface area (Å²) < 4.78 is 0. The van der Waals surface area contributed by atoms with Crippen molar-refractivity contribution in [2.75, 3.05) is 0 Å². The number of rotatable bonds is 1. The summed E-state index contributed by atoms with van der Waals surface area (Å²) >= 11 is 0. The third kappa shape index (κ3) is 1.55. The van der Waals surface area contributed by atoms with Crippen LogP contribution < -0.4 is 0 Å². The lowest BCUT2D eigenvalue weighted by atomic mass is 10.0. The fourth-order valence-electron chi connectivity index (χ4n) is 0.998. The van der Waals surface area contributed by atoms with Gasteiger partial charge in [0, 0.05) is 5.56 Å². The van der Waals surface area contributed by atoms with Crippen LogP contribution in [-0.4, -0.2) is 10.2 Å². The Labute approximate surface area is 70.5 Å². The molecule has 0 radical (unpaired) electrons. The molecule has 0 fully saturated rings. The van der Waals surface area contributed by atoms with Gasteiger partial charge in [-0.2, -0.15) is 5.26 Å². The molecule has 1 aromatic carbocycles. The fraction of sp³-hybridized carbons (Fsp3) is 0.222. The average molecular weight is 163 g/mol. The van der Waals surface area contributed by atoms with E-state index in [1.165, 1.54) is 18.2 Å². The van der Waals surface area contributed by atoms with E-state index in [1.54, 1.807) is 6.92 Å². The molecule has 0 saturated carbocycles. The van der Waals surface area contributed by atoms with Crippen LogP contribution in [0.2, 0.25) is 0 Å². The molecule has 12 heavy (non-hydrogen) atoms. The molecule has 0 aliphatic rings. The van der Waals surface area contributed by atoms with E-state index in [1.807, 2.05) is 6.07 Å². The molecular weight excluding hydrogens is 154 g/mol. The van der Waals surface area contributed by atoms with Crippen LogP contribution >= 0.6 is 0 Å². The molecule has 0 bridgehead atoms. The van der Waals surface area contributed by atoms with Crippen molar-refractivity contribution in [1.29, 1.82) is 5.26 Å². The van der Waals surface area contributed by atoms with Gasteiger partial charge in [0.15, 0.2) is 0 Å². The molecule has 1 atom stereocenters. The van der Waals surface area contributed by atoms with E-state index in [-0.39, 0.29) is 5.75 Å². The summed E-state index contributed by atoms with van der Waals surface area (Å²) in [5, 5.41) is 26.9. The van der Waals surface area contributed by atoms with Crippen LogP contribution in [0.4, 0.5) is 0 Å². The summed E-state index contributed by atoms with van der Waals surface area (Å²) in [5.74, 6) is 0.0601. The Balaban J connectivity index is 3.24. The summed E-state index contributed by atoms with van der Waals surface area (Å²) in [6.07, 6.45) is -0.730. The quantitative estimate of drug-likeness (QED) is 0.656. The zero-order chi connectivity index (χ0) is 9.14. The minimum atomic E-state index is -0.730. The molecule has 1 unspecified atom stereocenters. The van der Waals surface area contributed by atoms with Gasteiger partial charge in [0.2, 0.25) is 0 Å². The maximum Gasteiger partial charge on any atom is 0.116 e. The Kier molecular flexibility index (Phi) is 2.32. The molecule has 0 amide bonds. The smallest absolute Gasteiger partial charge is 0.116 e. The van der Waals surface area contributed by atoms with Crippen molar-refractivity contribution >= 4 is 0 Å². The van der Waals surface area contributed by atoms with Gasteiger partial charge in [0.1, 0.15) is 5.75 Å². The third-order valence-electron chi connectivity index (χ3n) is 1.61. The number of benzene rings is 1. The van der Waals surface area contributed by atoms with E-state index in [2.05, 4.69) is 0 Å². The monoisotopic (exact) mass is 163 g/mol. The number of hydrogen-bond donors (Lipinski definition) is 2. The molecule has 1 aromatic rings. The molecule has 3 heteroatoms. The lowest BCUT2D eigenvalue weighted by Gasteiger charge is -2.06. The SMILES string of the molecule is CC(O)c1cc(O)ccc1C#N. The van der Waals surface area contributed by atoms with E-state index in [0.29, 0.717) is 11.1 Å². The van der Waals surface area contributed by atoms with Gasteiger partial charge in [0.25, 0.3) is 0 Å². The van der Waals surface area contributed by atoms with Crippen LogP contribution in [0.3, 0.4) is 0 Å². The van der Waals surface area contributed by atoms with Gasteiger partial charge in [0.05, 0.1) is 17.7 Å². The zero-order valence-corrected chi connectivity index (χ0v) is 6.65. The second kappa shape index (κ2) is 3.24. The number of aliphatic hydroxyl groups is 1. The van der Waals surface area contributed by atoms with Gasteiger partial charge >= 0.3 is 0 Å². The minimum absolute atomic E-state index is 0.0601. The van der Waals surface area contributed by atoms with Crippen molar-refractivity contribution in [3.05, 3.63) is 29.3 Å². The summed E-state index contributed by atoms with van der Waals surface area (Å²) in [7, 11) is 0. The highest BCUT2D eigenvalue weighted by Gasteiger charge is 2.07. The van der Waals surface area contributed by atoms with Crippen molar-refractivity contribution in [2.45, 2.75) is 13.0 Å². The molecule has 0 saturated heterocycles. The van der Waals surface area contributed by atoms with Crippen LogP contribution in [0.25, 0.3) is 0 Å². The van der Waals surface area contributed by atoms with Crippen molar-refractivity contribution in [3.8, 4) is 11.8 Å². The first-order chi connectivity index (χ1) is 5.65. The number of aromatic hydroxyl groups is 1.